The number of methoxy groups -OCH3 is 1. The van der Waals surface area contributed by atoms with Crippen LogP contribution in [0.2, 0.25) is 0 Å². The van der Waals surface area contributed by atoms with Gasteiger partial charge in [0, 0.05) is 28.9 Å². The number of hydrogen-bond acceptors (Lipinski definition) is 8. The summed E-state index contributed by atoms with van der Waals surface area (Å²) in [5, 5.41) is 12.8. The van der Waals surface area contributed by atoms with E-state index in [4.69, 9.17) is 19.2 Å². The number of carbonyl (C=O) groups is 1. The first kappa shape index (κ1) is 27.7. The fourth-order valence-electron chi connectivity index (χ4n) is 5.99. The van der Waals surface area contributed by atoms with Crippen LogP contribution in [0.3, 0.4) is 0 Å². The Hall–Kier alpha value is -4.44. The molecule has 6 rings (SSSR count). The Kier molecular flexibility index (Phi) is 7.55. The van der Waals surface area contributed by atoms with E-state index in [1.165, 1.54) is 0 Å². The average Bonchev–Trinajstić information content (AvgIpc) is 3.52. The van der Waals surface area contributed by atoms with Crippen LogP contribution in [-0.2, 0) is 4.79 Å². The molecule has 0 radical (unpaired) electrons. The van der Waals surface area contributed by atoms with Crippen LogP contribution in [0, 0.1) is 26.7 Å². The van der Waals surface area contributed by atoms with Crippen LogP contribution in [0.1, 0.15) is 41.7 Å². The highest BCUT2D eigenvalue weighted by molar-refractivity contribution is 6.12. The maximum atomic E-state index is 13.1. The summed E-state index contributed by atoms with van der Waals surface area (Å²) < 4.78 is 11.3. The molecule has 1 aliphatic heterocycles. The molecule has 1 saturated heterocycles. The van der Waals surface area contributed by atoms with E-state index in [0.29, 0.717) is 23.9 Å². The first-order valence-electron chi connectivity index (χ1n) is 14.4. The monoisotopic (exact) mass is 567 g/mol. The summed E-state index contributed by atoms with van der Waals surface area (Å²) in [4.78, 5) is 28.5. The van der Waals surface area contributed by atoms with Crippen molar-refractivity contribution >= 4 is 33.7 Å². The Morgan fingerprint density at radius 3 is 2.60 bits per heavy atom. The van der Waals surface area contributed by atoms with E-state index in [0.717, 1.165) is 76.0 Å². The van der Waals surface area contributed by atoms with Gasteiger partial charge in [0.05, 0.1) is 29.8 Å². The van der Waals surface area contributed by atoms with Crippen LogP contribution >= 0.6 is 0 Å². The summed E-state index contributed by atoms with van der Waals surface area (Å²) in [5.41, 5.74) is 5.29. The third-order valence-electron chi connectivity index (χ3n) is 8.27. The van der Waals surface area contributed by atoms with Gasteiger partial charge in [-0.15, -0.1) is 0 Å². The molecule has 2 aromatic carbocycles. The van der Waals surface area contributed by atoms with Gasteiger partial charge in [-0.1, -0.05) is 35.5 Å². The van der Waals surface area contributed by atoms with E-state index >= 15 is 0 Å². The minimum atomic E-state index is -0.202. The van der Waals surface area contributed by atoms with Crippen molar-refractivity contribution in [2.75, 3.05) is 39.1 Å². The van der Waals surface area contributed by atoms with Gasteiger partial charge in [-0.25, -0.2) is 9.97 Å². The Balaban J connectivity index is 1.38. The molecule has 0 aliphatic carbocycles. The zero-order valence-corrected chi connectivity index (χ0v) is 24.7. The molecule has 10 heteroatoms. The summed E-state index contributed by atoms with van der Waals surface area (Å²) in [6, 6.07) is 14.0. The topological polar surface area (TPSA) is 121 Å². The Bertz CT molecular complexity index is 1720. The fourth-order valence-corrected chi connectivity index (χ4v) is 5.99. The number of aromatic amines is 1. The molecule has 0 unspecified atom stereocenters. The third kappa shape index (κ3) is 5.30. The second-order valence-electron chi connectivity index (χ2n) is 11.2. The number of nitrogens with zero attached hydrogens (tertiary/aromatic N) is 4. The molecule has 1 fully saturated rings. The van der Waals surface area contributed by atoms with Crippen LogP contribution in [0.4, 0.5) is 5.82 Å². The Morgan fingerprint density at radius 1 is 1.14 bits per heavy atom. The number of likely N-dealkylation sites (tertiary alicyclic amines) is 1. The smallest absolute Gasteiger partial charge is 0.223 e. The molecule has 0 spiro atoms. The number of ether oxygens (including phenoxy) is 1. The maximum absolute atomic E-state index is 13.1. The quantitative estimate of drug-likeness (QED) is 0.231. The van der Waals surface area contributed by atoms with E-state index in [1.54, 1.807) is 7.11 Å². The van der Waals surface area contributed by atoms with Crippen molar-refractivity contribution in [1.29, 1.82) is 0 Å². The van der Waals surface area contributed by atoms with Crippen molar-refractivity contribution in [3.63, 3.8) is 0 Å². The average molecular weight is 568 g/mol. The van der Waals surface area contributed by atoms with E-state index < -0.39 is 0 Å². The number of hydrogen-bond donors (Lipinski definition) is 3. The number of rotatable bonds is 8. The normalized spacial score (nSPS) is 15.3. The van der Waals surface area contributed by atoms with Crippen LogP contribution in [0.25, 0.3) is 33.1 Å². The van der Waals surface area contributed by atoms with Crippen LogP contribution in [0.15, 0.2) is 47.0 Å². The summed E-state index contributed by atoms with van der Waals surface area (Å²) in [5.74, 6) is 2.91. The van der Waals surface area contributed by atoms with E-state index in [-0.39, 0.29) is 17.9 Å². The third-order valence-corrected chi connectivity index (χ3v) is 8.27. The van der Waals surface area contributed by atoms with Gasteiger partial charge in [-0.05, 0) is 71.4 Å². The van der Waals surface area contributed by atoms with Crippen molar-refractivity contribution in [2.45, 2.75) is 39.7 Å². The molecule has 10 nitrogen and oxygen atoms in total. The number of benzene rings is 2. The van der Waals surface area contributed by atoms with Gasteiger partial charge in [0.15, 0.2) is 0 Å². The molecule has 42 heavy (non-hydrogen) atoms. The van der Waals surface area contributed by atoms with Crippen molar-refractivity contribution < 1.29 is 14.1 Å². The van der Waals surface area contributed by atoms with E-state index in [1.807, 2.05) is 45.0 Å². The van der Waals surface area contributed by atoms with Crippen LogP contribution in [-0.4, -0.2) is 64.7 Å². The fraction of sp³-hybridized carbons (Fsp3) is 0.375. The highest BCUT2D eigenvalue weighted by Crippen LogP contribution is 2.41. The van der Waals surface area contributed by atoms with Crippen LogP contribution in [0.5, 0.6) is 5.75 Å². The maximum Gasteiger partial charge on any atom is 0.223 e. The zero-order chi connectivity index (χ0) is 29.4. The lowest BCUT2D eigenvalue weighted by Crippen LogP contribution is -2.41. The van der Waals surface area contributed by atoms with Crippen molar-refractivity contribution in [1.82, 2.24) is 30.3 Å². The second kappa shape index (κ2) is 11.4. The van der Waals surface area contributed by atoms with E-state index in [2.05, 4.69) is 50.9 Å². The highest BCUT2D eigenvalue weighted by Gasteiger charge is 2.25. The number of aromatic nitrogens is 4. The summed E-state index contributed by atoms with van der Waals surface area (Å²) in [6.45, 7) is 8.02. The summed E-state index contributed by atoms with van der Waals surface area (Å²) in [7, 11) is 3.77. The Labute approximate surface area is 244 Å². The van der Waals surface area contributed by atoms with E-state index in [9.17, 15) is 4.79 Å². The van der Waals surface area contributed by atoms with Crippen molar-refractivity contribution in [2.24, 2.45) is 5.92 Å². The SMILES string of the molecule is COc1cc2c(cc1-c1c(C)noc1C)[nH]c1nc(C)nc(N[C@H](CNC(=O)C3CCN(C)CC3)c3ccccc3)c12. The second-order valence-corrected chi connectivity index (χ2v) is 11.2. The highest BCUT2D eigenvalue weighted by atomic mass is 16.5. The minimum absolute atomic E-state index is 0.0404. The first-order chi connectivity index (χ1) is 20.3. The lowest BCUT2D eigenvalue weighted by atomic mass is 9.96. The minimum Gasteiger partial charge on any atom is -0.496 e. The lowest BCUT2D eigenvalue weighted by Gasteiger charge is -2.29. The number of carbonyl (C=O) groups excluding carboxylic acids is 1. The molecule has 5 aromatic rings. The number of amides is 1. The van der Waals surface area contributed by atoms with Gasteiger partial charge in [0.1, 0.15) is 28.8 Å². The molecule has 3 N–H and O–H groups in total. The molecule has 3 aromatic heterocycles. The van der Waals surface area contributed by atoms with Crippen molar-refractivity contribution in [3.05, 3.63) is 65.3 Å². The largest absolute Gasteiger partial charge is 0.496 e. The molecule has 218 valence electrons. The molecule has 1 amide bonds. The molecular weight excluding hydrogens is 530 g/mol. The molecule has 0 bridgehead atoms. The molecule has 4 heterocycles. The first-order valence-corrected chi connectivity index (χ1v) is 14.4. The number of piperidine rings is 1. The molecule has 0 saturated carbocycles. The summed E-state index contributed by atoms with van der Waals surface area (Å²) >= 11 is 0. The standard InChI is InChI=1S/C32H37N7O3/c1-18-28(19(2)42-38-18)24-15-25-23(16-27(24)41-5)29-30(36-25)34-20(3)35-31(29)37-26(21-9-7-6-8-10-21)17-33-32(40)22-11-13-39(4)14-12-22/h6-10,15-16,22,26H,11-14,17H2,1-5H3,(H,33,40)(H2,34,35,36,37)/t26-/m1/s1. The number of nitrogens with one attached hydrogen (secondary N) is 3. The van der Waals surface area contributed by atoms with Gasteiger partial charge >= 0.3 is 0 Å². The van der Waals surface area contributed by atoms with Gasteiger partial charge in [0.25, 0.3) is 0 Å². The zero-order valence-electron chi connectivity index (χ0n) is 24.7. The van der Waals surface area contributed by atoms with Crippen LogP contribution < -0.4 is 15.4 Å². The van der Waals surface area contributed by atoms with Gasteiger partial charge in [-0.3, -0.25) is 4.79 Å². The Morgan fingerprint density at radius 2 is 1.90 bits per heavy atom. The number of aryl methyl sites for hydroxylation is 3. The predicted molar refractivity (Wildman–Crippen MR) is 164 cm³/mol. The van der Waals surface area contributed by atoms with Crippen molar-refractivity contribution in [3.8, 4) is 16.9 Å². The number of fused-ring (bicyclic) bond motifs is 3. The number of H-pyrrole nitrogens is 1. The molecule has 1 atom stereocenters. The van der Waals surface area contributed by atoms with Gasteiger partial charge < -0.3 is 29.8 Å². The predicted octanol–water partition coefficient (Wildman–Crippen LogP) is 5.31. The summed E-state index contributed by atoms with van der Waals surface area (Å²) in [6.07, 6.45) is 1.76. The molecule has 1 aliphatic rings. The van der Waals surface area contributed by atoms with Gasteiger partial charge in [0.2, 0.25) is 5.91 Å². The number of anilines is 1. The van der Waals surface area contributed by atoms with Gasteiger partial charge in [-0.2, -0.15) is 0 Å². The molecular formula is C32H37N7O3. The lowest BCUT2D eigenvalue weighted by molar-refractivity contribution is -0.126.